The van der Waals surface area contributed by atoms with Gasteiger partial charge in [-0.05, 0) is 60.1 Å². The Morgan fingerprint density at radius 2 is 1.86 bits per heavy atom. The highest BCUT2D eigenvalue weighted by Gasteiger charge is 2.13. The van der Waals surface area contributed by atoms with E-state index in [1.807, 2.05) is 0 Å². The van der Waals surface area contributed by atoms with Gasteiger partial charge in [0.1, 0.15) is 0 Å². The molecule has 0 unspecified atom stereocenters. The Hall–Kier alpha value is 0.230. The molecule has 0 aromatic heterocycles. The second-order valence-electron chi connectivity index (χ2n) is 3.64. The number of rotatable bonds is 1. The third-order valence-corrected chi connectivity index (χ3v) is 4.01. The Morgan fingerprint density at radius 1 is 1.14 bits per heavy atom. The summed E-state index contributed by atoms with van der Waals surface area (Å²) in [5.41, 5.74) is 1.39. The zero-order valence-electron chi connectivity index (χ0n) is 7.97. The smallest absolute Gasteiger partial charge is 0.0513 e. The Balaban J connectivity index is 2.24. The summed E-state index contributed by atoms with van der Waals surface area (Å²) in [5.74, 6) is 0. The van der Waals surface area contributed by atoms with Gasteiger partial charge in [-0.15, -0.1) is 0 Å². The number of hydrogen-bond donors (Lipinski definition) is 0. The van der Waals surface area contributed by atoms with Crippen LogP contribution in [0.4, 0.5) is 5.69 Å². The SMILES string of the molecule is Brc1ccc(I)c(N2CCCCC2)c1. The van der Waals surface area contributed by atoms with Gasteiger partial charge in [-0.3, -0.25) is 0 Å². The maximum atomic E-state index is 3.53. The highest BCUT2D eigenvalue weighted by Crippen LogP contribution is 2.28. The fourth-order valence-electron chi connectivity index (χ4n) is 1.86. The lowest BCUT2D eigenvalue weighted by Gasteiger charge is -2.29. The third kappa shape index (κ3) is 2.42. The monoisotopic (exact) mass is 365 g/mol. The topological polar surface area (TPSA) is 3.24 Å². The second-order valence-corrected chi connectivity index (χ2v) is 5.72. The van der Waals surface area contributed by atoms with Gasteiger partial charge in [-0.1, -0.05) is 15.9 Å². The predicted octanol–water partition coefficient (Wildman–Crippen LogP) is 4.04. The predicted molar refractivity (Wildman–Crippen MR) is 72.9 cm³/mol. The third-order valence-electron chi connectivity index (χ3n) is 2.60. The first-order chi connectivity index (χ1) is 6.77. The molecule has 0 N–H and O–H groups in total. The summed E-state index contributed by atoms with van der Waals surface area (Å²) < 4.78 is 2.53. The van der Waals surface area contributed by atoms with Crippen molar-refractivity contribution in [3.63, 3.8) is 0 Å². The minimum Gasteiger partial charge on any atom is -0.371 e. The summed E-state index contributed by atoms with van der Waals surface area (Å²) >= 11 is 5.95. The molecule has 1 aromatic rings. The summed E-state index contributed by atoms with van der Waals surface area (Å²) in [6.45, 7) is 2.43. The molecular weight excluding hydrogens is 353 g/mol. The molecule has 14 heavy (non-hydrogen) atoms. The number of benzene rings is 1. The number of anilines is 1. The molecule has 76 valence electrons. The van der Waals surface area contributed by atoms with E-state index in [-0.39, 0.29) is 0 Å². The van der Waals surface area contributed by atoms with Crippen LogP contribution < -0.4 is 4.90 Å². The molecule has 1 aliphatic heterocycles. The molecule has 0 atom stereocenters. The van der Waals surface area contributed by atoms with E-state index < -0.39 is 0 Å². The van der Waals surface area contributed by atoms with Crippen molar-refractivity contribution in [3.05, 3.63) is 26.2 Å². The Morgan fingerprint density at radius 3 is 2.57 bits per heavy atom. The van der Waals surface area contributed by atoms with Crippen LogP contribution in [0.25, 0.3) is 0 Å². The lowest BCUT2D eigenvalue weighted by molar-refractivity contribution is 0.577. The van der Waals surface area contributed by atoms with Gasteiger partial charge in [-0.2, -0.15) is 0 Å². The number of nitrogens with zero attached hydrogens (tertiary/aromatic N) is 1. The van der Waals surface area contributed by atoms with Crippen LogP contribution >= 0.6 is 38.5 Å². The minimum atomic E-state index is 1.18. The Kier molecular flexibility index (Phi) is 3.71. The molecule has 1 aromatic carbocycles. The summed E-state index contributed by atoms with van der Waals surface area (Å²) in [5, 5.41) is 0. The molecule has 2 rings (SSSR count). The molecule has 3 heteroatoms. The van der Waals surface area contributed by atoms with Gasteiger partial charge in [-0.25, -0.2) is 0 Å². The van der Waals surface area contributed by atoms with E-state index >= 15 is 0 Å². The molecule has 0 saturated carbocycles. The summed E-state index contributed by atoms with van der Waals surface area (Å²) in [6, 6.07) is 6.51. The summed E-state index contributed by atoms with van der Waals surface area (Å²) in [7, 11) is 0. The molecule has 1 saturated heterocycles. The fraction of sp³-hybridized carbons (Fsp3) is 0.455. The summed E-state index contributed by atoms with van der Waals surface area (Å²) in [4.78, 5) is 2.50. The lowest BCUT2D eigenvalue weighted by atomic mass is 10.1. The standard InChI is InChI=1S/C11H13BrIN/c12-9-4-5-10(13)11(8-9)14-6-2-1-3-7-14/h4-5,8H,1-3,6-7H2. The molecule has 1 fully saturated rings. The van der Waals surface area contributed by atoms with Crippen LogP contribution in [0.5, 0.6) is 0 Å². The van der Waals surface area contributed by atoms with Crippen molar-refractivity contribution in [2.75, 3.05) is 18.0 Å². The van der Waals surface area contributed by atoms with Gasteiger partial charge in [0.05, 0.1) is 5.69 Å². The largest absolute Gasteiger partial charge is 0.371 e. The van der Waals surface area contributed by atoms with Gasteiger partial charge in [0.25, 0.3) is 0 Å². The van der Waals surface area contributed by atoms with Crippen molar-refractivity contribution >= 4 is 44.2 Å². The van der Waals surface area contributed by atoms with Crippen LogP contribution in [0.2, 0.25) is 0 Å². The van der Waals surface area contributed by atoms with Crippen LogP contribution in [0.3, 0.4) is 0 Å². The van der Waals surface area contributed by atoms with E-state index in [4.69, 9.17) is 0 Å². The Bertz CT molecular complexity index is 321. The van der Waals surface area contributed by atoms with E-state index in [0.717, 1.165) is 0 Å². The van der Waals surface area contributed by atoms with E-state index in [9.17, 15) is 0 Å². The normalized spacial score (nSPS) is 17.1. The molecule has 0 aliphatic carbocycles. The van der Waals surface area contributed by atoms with Gasteiger partial charge in [0, 0.05) is 21.1 Å². The van der Waals surface area contributed by atoms with Crippen molar-refractivity contribution in [3.8, 4) is 0 Å². The van der Waals surface area contributed by atoms with Gasteiger partial charge in [0.15, 0.2) is 0 Å². The van der Waals surface area contributed by atoms with Crippen LogP contribution in [0.15, 0.2) is 22.7 Å². The fourth-order valence-corrected chi connectivity index (χ4v) is 2.89. The first-order valence-corrected chi connectivity index (χ1v) is 6.84. The van der Waals surface area contributed by atoms with Crippen molar-refractivity contribution < 1.29 is 0 Å². The van der Waals surface area contributed by atoms with Crippen LogP contribution in [0.1, 0.15) is 19.3 Å². The van der Waals surface area contributed by atoms with Gasteiger partial charge < -0.3 is 4.90 Å². The molecule has 0 amide bonds. The first-order valence-electron chi connectivity index (χ1n) is 4.97. The average Bonchev–Trinajstić information content (AvgIpc) is 2.23. The number of piperidine rings is 1. The molecule has 1 aliphatic rings. The summed E-state index contributed by atoms with van der Waals surface area (Å²) in [6.07, 6.45) is 4.06. The van der Waals surface area contributed by atoms with E-state index in [2.05, 4.69) is 61.6 Å². The van der Waals surface area contributed by atoms with Crippen molar-refractivity contribution in [2.45, 2.75) is 19.3 Å². The highest BCUT2D eigenvalue weighted by molar-refractivity contribution is 14.1. The molecule has 1 heterocycles. The zero-order valence-corrected chi connectivity index (χ0v) is 11.7. The van der Waals surface area contributed by atoms with Crippen LogP contribution in [-0.4, -0.2) is 13.1 Å². The maximum absolute atomic E-state index is 3.53. The molecule has 0 spiro atoms. The van der Waals surface area contributed by atoms with Gasteiger partial charge >= 0.3 is 0 Å². The highest BCUT2D eigenvalue weighted by atomic mass is 127. The van der Waals surface area contributed by atoms with Gasteiger partial charge in [0.2, 0.25) is 0 Å². The first kappa shape index (κ1) is 10.7. The number of halogens is 2. The molecule has 1 nitrogen and oxygen atoms in total. The average molecular weight is 366 g/mol. The Labute approximate surface area is 107 Å². The van der Waals surface area contributed by atoms with Crippen molar-refractivity contribution in [1.82, 2.24) is 0 Å². The van der Waals surface area contributed by atoms with Crippen molar-refractivity contribution in [1.29, 1.82) is 0 Å². The molecule has 0 bridgehead atoms. The zero-order chi connectivity index (χ0) is 9.97. The maximum Gasteiger partial charge on any atom is 0.0513 e. The van der Waals surface area contributed by atoms with Crippen LogP contribution in [-0.2, 0) is 0 Å². The van der Waals surface area contributed by atoms with E-state index in [1.54, 1.807) is 0 Å². The quantitative estimate of drug-likeness (QED) is 0.679. The number of hydrogen-bond acceptors (Lipinski definition) is 1. The van der Waals surface area contributed by atoms with Crippen LogP contribution in [0, 0.1) is 3.57 Å². The molecule has 0 radical (unpaired) electrons. The van der Waals surface area contributed by atoms with E-state index in [1.165, 1.54) is 46.1 Å². The minimum absolute atomic E-state index is 1.18. The van der Waals surface area contributed by atoms with E-state index in [0.29, 0.717) is 0 Å². The van der Waals surface area contributed by atoms with Crippen molar-refractivity contribution in [2.24, 2.45) is 0 Å². The lowest BCUT2D eigenvalue weighted by Crippen LogP contribution is -2.29. The molecular formula is C11H13BrIN. The second kappa shape index (κ2) is 4.84.